The third-order valence-corrected chi connectivity index (χ3v) is 4.65. The van der Waals surface area contributed by atoms with E-state index in [1.54, 1.807) is 0 Å². The topological polar surface area (TPSA) is 23.5 Å². The summed E-state index contributed by atoms with van der Waals surface area (Å²) in [6, 6.07) is 12.1. The summed E-state index contributed by atoms with van der Waals surface area (Å²) in [5.41, 5.74) is 1.08. The molecule has 3 rings (SSSR count). The molecule has 0 radical (unpaired) electrons. The lowest BCUT2D eigenvalue weighted by molar-refractivity contribution is 0.293. The van der Waals surface area contributed by atoms with Gasteiger partial charge in [0.1, 0.15) is 5.75 Å². The van der Waals surface area contributed by atoms with E-state index in [9.17, 15) is 5.11 Å². The Morgan fingerprint density at radius 1 is 1.20 bits per heavy atom. The molecule has 1 saturated heterocycles. The van der Waals surface area contributed by atoms with Crippen LogP contribution in [0.5, 0.6) is 5.75 Å². The number of likely N-dealkylation sites (tertiary alicyclic amines) is 1. The van der Waals surface area contributed by atoms with Gasteiger partial charge in [0.15, 0.2) is 0 Å². The van der Waals surface area contributed by atoms with Crippen molar-refractivity contribution in [3.8, 4) is 5.75 Å². The number of fused-ring (bicyclic) bond motifs is 1. The van der Waals surface area contributed by atoms with E-state index in [4.69, 9.17) is 0 Å². The molecule has 0 aliphatic carbocycles. The van der Waals surface area contributed by atoms with Gasteiger partial charge in [0, 0.05) is 18.7 Å². The Morgan fingerprint density at radius 2 is 2.00 bits per heavy atom. The molecule has 0 aromatic heterocycles. The number of benzene rings is 2. The maximum atomic E-state index is 10.2. The lowest BCUT2D eigenvalue weighted by atomic mass is 9.95. The Kier molecular flexibility index (Phi) is 3.66. The van der Waals surface area contributed by atoms with Gasteiger partial charge in [-0.05, 0) is 41.6 Å². The van der Waals surface area contributed by atoms with E-state index in [1.165, 1.54) is 17.2 Å². The van der Waals surface area contributed by atoms with Crippen molar-refractivity contribution in [2.24, 2.45) is 11.8 Å². The molecule has 0 bridgehead atoms. The zero-order valence-corrected chi connectivity index (χ0v) is 12.3. The van der Waals surface area contributed by atoms with Crippen molar-refractivity contribution in [2.75, 3.05) is 13.1 Å². The van der Waals surface area contributed by atoms with E-state index in [0.29, 0.717) is 5.75 Å². The quantitative estimate of drug-likeness (QED) is 0.909. The molecule has 2 aromatic carbocycles. The summed E-state index contributed by atoms with van der Waals surface area (Å²) in [5.74, 6) is 1.98. The van der Waals surface area contributed by atoms with Crippen LogP contribution in [0.2, 0.25) is 0 Å². The monoisotopic (exact) mass is 269 g/mol. The third-order valence-electron chi connectivity index (χ3n) is 4.65. The summed E-state index contributed by atoms with van der Waals surface area (Å²) in [4.78, 5) is 2.48. The fourth-order valence-corrected chi connectivity index (χ4v) is 3.26. The van der Waals surface area contributed by atoms with Gasteiger partial charge in [0.2, 0.25) is 0 Å². The second kappa shape index (κ2) is 5.45. The standard InChI is InChI=1S/C18H23NO/c1-13(2)15-9-10-19(11-15)12-17-16-6-4-3-5-14(16)7-8-18(17)20/h3-8,13,15,20H,9-12H2,1-2H3. The number of phenolic OH excluding ortho intramolecular Hbond substituents is 1. The van der Waals surface area contributed by atoms with Crippen molar-refractivity contribution in [1.82, 2.24) is 4.90 Å². The molecule has 106 valence electrons. The first-order chi connectivity index (χ1) is 9.65. The van der Waals surface area contributed by atoms with Crippen molar-refractivity contribution in [1.29, 1.82) is 0 Å². The number of rotatable bonds is 3. The zero-order chi connectivity index (χ0) is 14.1. The van der Waals surface area contributed by atoms with Crippen LogP contribution < -0.4 is 0 Å². The number of hydrogen-bond donors (Lipinski definition) is 1. The predicted octanol–water partition coefficient (Wildman–Crippen LogP) is 4.02. The molecule has 0 amide bonds. The second-order valence-electron chi connectivity index (χ2n) is 6.31. The summed E-state index contributed by atoms with van der Waals surface area (Å²) in [5, 5.41) is 12.6. The first-order valence-electron chi connectivity index (χ1n) is 7.57. The minimum atomic E-state index is 0.427. The van der Waals surface area contributed by atoms with E-state index in [1.807, 2.05) is 24.3 Å². The van der Waals surface area contributed by atoms with Crippen LogP contribution >= 0.6 is 0 Å². The molecule has 0 saturated carbocycles. The van der Waals surface area contributed by atoms with Gasteiger partial charge in [-0.2, -0.15) is 0 Å². The maximum Gasteiger partial charge on any atom is 0.120 e. The van der Waals surface area contributed by atoms with Crippen LogP contribution in [0, 0.1) is 11.8 Å². The molecule has 2 aromatic rings. The minimum Gasteiger partial charge on any atom is -0.508 e. The molecule has 2 heteroatoms. The maximum absolute atomic E-state index is 10.2. The van der Waals surface area contributed by atoms with Crippen molar-refractivity contribution in [3.63, 3.8) is 0 Å². The van der Waals surface area contributed by atoms with Crippen LogP contribution in [0.4, 0.5) is 0 Å². The molecular weight excluding hydrogens is 246 g/mol. The van der Waals surface area contributed by atoms with Crippen LogP contribution in [-0.4, -0.2) is 23.1 Å². The van der Waals surface area contributed by atoms with Gasteiger partial charge in [-0.25, -0.2) is 0 Å². The highest BCUT2D eigenvalue weighted by atomic mass is 16.3. The summed E-state index contributed by atoms with van der Waals surface area (Å²) in [6.45, 7) is 7.77. The fourth-order valence-electron chi connectivity index (χ4n) is 3.26. The molecule has 2 nitrogen and oxygen atoms in total. The highest BCUT2D eigenvalue weighted by Crippen LogP contribution is 2.31. The molecule has 20 heavy (non-hydrogen) atoms. The summed E-state index contributed by atoms with van der Waals surface area (Å²) < 4.78 is 0. The Labute approximate surface area is 121 Å². The molecule has 1 atom stereocenters. The van der Waals surface area contributed by atoms with Gasteiger partial charge in [-0.1, -0.05) is 44.2 Å². The van der Waals surface area contributed by atoms with Gasteiger partial charge < -0.3 is 5.11 Å². The Hall–Kier alpha value is -1.54. The van der Waals surface area contributed by atoms with Crippen LogP contribution in [0.15, 0.2) is 36.4 Å². The highest BCUT2D eigenvalue weighted by molar-refractivity contribution is 5.87. The fraction of sp³-hybridized carbons (Fsp3) is 0.444. The zero-order valence-electron chi connectivity index (χ0n) is 12.3. The molecule has 1 aliphatic heterocycles. The first kappa shape index (κ1) is 13.4. The van der Waals surface area contributed by atoms with Gasteiger partial charge in [-0.3, -0.25) is 4.90 Å². The highest BCUT2D eigenvalue weighted by Gasteiger charge is 2.25. The van der Waals surface area contributed by atoms with Gasteiger partial charge >= 0.3 is 0 Å². The minimum absolute atomic E-state index is 0.427. The normalized spacial score (nSPS) is 20.1. The average molecular weight is 269 g/mol. The van der Waals surface area contributed by atoms with Gasteiger partial charge in [0.25, 0.3) is 0 Å². The first-order valence-corrected chi connectivity index (χ1v) is 7.57. The van der Waals surface area contributed by atoms with Crippen molar-refractivity contribution in [2.45, 2.75) is 26.8 Å². The second-order valence-corrected chi connectivity index (χ2v) is 6.31. The van der Waals surface area contributed by atoms with Crippen LogP contribution in [0.1, 0.15) is 25.8 Å². The van der Waals surface area contributed by atoms with E-state index >= 15 is 0 Å². The molecule has 1 unspecified atom stereocenters. The molecule has 1 fully saturated rings. The Morgan fingerprint density at radius 3 is 2.75 bits per heavy atom. The largest absolute Gasteiger partial charge is 0.508 e. The van der Waals surface area contributed by atoms with Crippen LogP contribution in [0.25, 0.3) is 10.8 Å². The van der Waals surface area contributed by atoms with E-state index in [0.717, 1.165) is 37.0 Å². The van der Waals surface area contributed by atoms with Crippen LogP contribution in [0.3, 0.4) is 0 Å². The molecule has 1 heterocycles. The molecule has 1 aliphatic rings. The number of aromatic hydroxyl groups is 1. The summed E-state index contributed by atoms with van der Waals surface area (Å²) in [6.07, 6.45) is 1.28. The lowest BCUT2D eigenvalue weighted by Crippen LogP contribution is -2.21. The van der Waals surface area contributed by atoms with Crippen molar-refractivity contribution < 1.29 is 5.11 Å². The summed E-state index contributed by atoms with van der Waals surface area (Å²) >= 11 is 0. The van der Waals surface area contributed by atoms with Crippen molar-refractivity contribution in [3.05, 3.63) is 42.0 Å². The van der Waals surface area contributed by atoms with Crippen LogP contribution in [-0.2, 0) is 6.54 Å². The third kappa shape index (κ3) is 2.53. The smallest absolute Gasteiger partial charge is 0.120 e. The van der Waals surface area contributed by atoms with E-state index < -0.39 is 0 Å². The van der Waals surface area contributed by atoms with Gasteiger partial charge in [0.05, 0.1) is 0 Å². The van der Waals surface area contributed by atoms with E-state index in [2.05, 4.69) is 30.9 Å². The Bertz CT molecular complexity index is 605. The molecule has 0 spiro atoms. The predicted molar refractivity (Wildman–Crippen MR) is 83.8 cm³/mol. The lowest BCUT2D eigenvalue weighted by Gasteiger charge is -2.19. The number of hydrogen-bond acceptors (Lipinski definition) is 2. The SMILES string of the molecule is CC(C)C1CCN(Cc2c(O)ccc3ccccc23)C1. The number of phenols is 1. The molecule has 1 N–H and O–H groups in total. The number of nitrogens with zero attached hydrogens (tertiary/aromatic N) is 1. The Balaban J connectivity index is 1.86. The molecular formula is C18H23NO. The van der Waals surface area contributed by atoms with Crippen molar-refractivity contribution >= 4 is 10.8 Å². The average Bonchev–Trinajstić information content (AvgIpc) is 2.91. The summed E-state index contributed by atoms with van der Waals surface area (Å²) in [7, 11) is 0. The van der Waals surface area contributed by atoms with E-state index in [-0.39, 0.29) is 0 Å². The van der Waals surface area contributed by atoms with Gasteiger partial charge in [-0.15, -0.1) is 0 Å².